The molecule has 0 amide bonds. The van der Waals surface area contributed by atoms with E-state index in [9.17, 15) is 20.4 Å². The molecular formula is C30H32ClNO8. The number of hydrogen-bond donors (Lipinski definition) is 4. The lowest BCUT2D eigenvalue weighted by atomic mass is 9.83. The second-order valence-corrected chi connectivity index (χ2v) is 10.4. The van der Waals surface area contributed by atoms with E-state index in [1.165, 1.54) is 0 Å². The molecule has 3 aromatic rings. The van der Waals surface area contributed by atoms with Gasteiger partial charge in [-0.05, 0) is 85.5 Å². The predicted octanol–water partition coefficient (Wildman–Crippen LogP) is 3.51. The average Bonchev–Trinajstić information content (AvgIpc) is 3.36. The van der Waals surface area contributed by atoms with Gasteiger partial charge in [0, 0.05) is 10.6 Å². The third-order valence-electron chi connectivity index (χ3n) is 7.33. The van der Waals surface area contributed by atoms with Crippen LogP contribution in [0.15, 0.2) is 71.9 Å². The van der Waals surface area contributed by atoms with Gasteiger partial charge in [0.05, 0.1) is 18.9 Å². The largest absolute Gasteiger partial charge is 0.457 e. The van der Waals surface area contributed by atoms with E-state index in [1.807, 2.05) is 62.4 Å². The summed E-state index contributed by atoms with van der Waals surface area (Å²) in [5.41, 5.74) is 2.31. The summed E-state index contributed by atoms with van der Waals surface area (Å²) in [7, 11) is 0. The molecule has 2 aliphatic rings. The Balaban J connectivity index is 1.30. The number of fused-ring (bicyclic) bond motifs is 2. The lowest BCUT2D eigenvalue weighted by molar-refractivity contribution is -0.329. The summed E-state index contributed by atoms with van der Waals surface area (Å²) in [4.78, 5) is 5.10. The van der Waals surface area contributed by atoms with Crippen molar-refractivity contribution in [2.75, 3.05) is 19.8 Å². The fourth-order valence-corrected chi connectivity index (χ4v) is 5.20. The topological polar surface area (TPSA) is 130 Å². The molecule has 2 fully saturated rings. The van der Waals surface area contributed by atoms with Gasteiger partial charge in [-0.1, -0.05) is 35.0 Å². The number of aliphatic hydroxyl groups is 4. The first-order chi connectivity index (χ1) is 19.2. The molecule has 4 N–H and O–H groups in total. The summed E-state index contributed by atoms with van der Waals surface area (Å²) in [5.74, 6) is -0.396. The van der Waals surface area contributed by atoms with E-state index in [0.717, 1.165) is 22.4 Å². The molecule has 0 saturated carbocycles. The summed E-state index contributed by atoms with van der Waals surface area (Å²) >= 11 is 6.51. The zero-order valence-corrected chi connectivity index (χ0v) is 22.9. The summed E-state index contributed by atoms with van der Waals surface area (Å²) in [6.45, 7) is 3.50. The molecule has 0 aliphatic carbocycles. The van der Waals surface area contributed by atoms with E-state index in [0.29, 0.717) is 35.1 Å². The van der Waals surface area contributed by atoms with Crippen LogP contribution in [0.1, 0.15) is 36.1 Å². The van der Waals surface area contributed by atoms with Crippen molar-refractivity contribution in [2.24, 2.45) is 5.16 Å². The van der Waals surface area contributed by atoms with E-state index in [4.69, 9.17) is 30.6 Å². The van der Waals surface area contributed by atoms with Gasteiger partial charge in [0.25, 0.3) is 0 Å². The Morgan fingerprint density at radius 1 is 1.00 bits per heavy atom. The summed E-state index contributed by atoms with van der Waals surface area (Å²) < 4.78 is 17.8. The van der Waals surface area contributed by atoms with Crippen molar-refractivity contribution in [3.8, 4) is 11.5 Å². The highest BCUT2D eigenvalue weighted by atomic mass is 35.5. The smallest absolute Gasteiger partial charge is 0.225 e. The lowest BCUT2D eigenvalue weighted by Gasteiger charge is -2.46. The third kappa shape index (κ3) is 5.22. The van der Waals surface area contributed by atoms with E-state index in [2.05, 4.69) is 5.16 Å². The maximum Gasteiger partial charge on any atom is 0.225 e. The number of rotatable bonds is 9. The van der Waals surface area contributed by atoms with Gasteiger partial charge < -0.3 is 39.5 Å². The van der Waals surface area contributed by atoms with Gasteiger partial charge in [-0.2, -0.15) is 0 Å². The van der Waals surface area contributed by atoms with Crippen LogP contribution in [-0.2, 0) is 26.5 Å². The average molecular weight is 570 g/mol. The molecule has 0 radical (unpaired) electrons. The number of ether oxygens (including phenoxy) is 3. The highest BCUT2D eigenvalue weighted by molar-refractivity contribution is 6.31. The fraction of sp³-hybridized carbons (Fsp3) is 0.367. The molecule has 3 aromatic carbocycles. The fourth-order valence-electron chi connectivity index (χ4n) is 5.01. The van der Waals surface area contributed by atoms with Gasteiger partial charge in [-0.25, -0.2) is 0 Å². The third-order valence-corrected chi connectivity index (χ3v) is 7.70. The molecule has 2 saturated heterocycles. The molecule has 0 spiro atoms. The Bertz CT molecular complexity index is 1370. The van der Waals surface area contributed by atoms with Gasteiger partial charge in [-0.15, -0.1) is 0 Å². The van der Waals surface area contributed by atoms with Crippen molar-refractivity contribution in [3.63, 3.8) is 0 Å². The highest BCUT2D eigenvalue weighted by Gasteiger charge is 2.67. The van der Waals surface area contributed by atoms with E-state index < -0.39 is 36.3 Å². The standard InChI is InChI=1S/C30H32ClNO8/c1-3-38-32-18(2)20-6-11-24(12-7-20)39-23-9-4-19(5-10-23)14-21-15-22(8-13-25(21)31)30-28(36)26(34)27(35)29(16-33,40-30)17-37-30/h4-13,15,26-28,33-36H,3,14,16-17H2,1-2H3/b32-18-/t26-,27-,28+,29-,30-/m0/s1. The van der Waals surface area contributed by atoms with Crippen molar-refractivity contribution < 1.29 is 39.5 Å². The second-order valence-electron chi connectivity index (χ2n) is 10.0. The van der Waals surface area contributed by atoms with Crippen LogP contribution < -0.4 is 4.74 Å². The van der Waals surface area contributed by atoms with Crippen LogP contribution in [0.25, 0.3) is 0 Å². The van der Waals surface area contributed by atoms with Crippen LogP contribution in [0.5, 0.6) is 11.5 Å². The Kier molecular flexibility index (Phi) is 8.17. The minimum absolute atomic E-state index is 0.193. The molecule has 0 unspecified atom stereocenters. The zero-order valence-electron chi connectivity index (χ0n) is 22.2. The first kappa shape index (κ1) is 28.5. The molecule has 9 nitrogen and oxygen atoms in total. The van der Waals surface area contributed by atoms with Gasteiger partial charge in [0.15, 0.2) is 0 Å². The minimum Gasteiger partial charge on any atom is -0.457 e. The molecule has 10 heteroatoms. The van der Waals surface area contributed by atoms with E-state index in [1.54, 1.807) is 18.2 Å². The Labute approximate surface area is 237 Å². The van der Waals surface area contributed by atoms with Crippen molar-refractivity contribution >= 4 is 17.3 Å². The van der Waals surface area contributed by atoms with Crippen molar-refractivity contribution in [3.05, 3.63) is 94.0 Å². The van der Waals surface area contributed by atoms with Crippen LogP contribution in [0.3, 0.4) is 0 Å². The molecule has 5 rings (SSSR count). The molecular weight excluding hydrogens is 538 g/mol. The monoisotopic (exact) mass is 569 g/mol. The van der Waals surface area contributed by atoms with Crippen LogP contribution in [-0.4, -0.2) is 69.9 Å². The predicted molar refractivity (Wildman–Crippen MR) is 148 cm³/mol. The Morgan fingerprint density at radius 3 is 2.33 bits per heavy atom. The number of hydrogen-bond acceptors (Lipinski definition) is 9. The highest BCUT2D eigenvalue weighted by Crippen LogP contribution is 2.49. The number of oxime groups is 1. The number of benzene rings is 3. The summed E-state index contributed by atoms with van der Waals surface area (Å²) in [5, 5.41) is 46.1. The first-order valence-electron chi connectivity index (χ1n) is 13.0. The van der Waals surface area contributed by atoms with Gasteiger partial charge >= 0.3 is 0 Å². The SMILES string of the molecule is CCO/N=C(/C)c1ccc(Oc2ccc(Cc3cc([C@]45OC[C@](CO)(O4)[C@@H](O)[C@H](O)[C@H]5O)ccc3Cl)cc2)cc1. The maximum atomic E-state index is 10.8. The van der Waals surface area contributed by atoms with Crippen molar-refractivity contribution in [1.82, 2.24) is 0 Å². The van der Waals surface area contributed by atoms with Crippen LogP contribution in [0, 0.1) is 0 Å². The van der Waals surface area contributed by atoms with Crippen molar-refractivity contribution in [1.29, 1.82) is 0 Å². The Hall–Kier alpha value is -3.02. The summed E-state index contributed by atoms with van der Waals surface area (Å²) in [6.07, 6.45) is -4.20. The molecule has 0 aromatic heterocycles. The van der Waals surface area contributed by atoms with Crippen LogP contribution in [0.4, 0.5) is 0 Å². The lowest BCUT2D eigenvalue weighted by Crippen LogP contribution is -2.65. The molecule has 2 aliphatic heterocycles. The number of nitrogens with zero attached hydrogens (tertiary/aromatic N) is 1. The quantitative estimate of drug-likeness (QED) is 0.227. The van der Waals surface area contributed by atoms with Crippen LogP contribution in [0.2, 0.25) is 5.02 Å². The zero-order chi connectivity index (χ0) is 28.5. The minimum atomic E-state index is -1.75. The molecule has 40 heavy (non-hydrogen) atoms. The van der Waals surface area contributed by atoms with E-state index in [-0.39, 0.29) is 6.61 Å². The number of aliphatic hydroxyl groups excluding tert-OH is 4. The maximum absolute atomic E-state index is 10.8. The van der Waals surface area contributed by atoms with Crippen LogP contribution >= 0.6 is 11.6 Å². The van der Waals surface area contributed by atoms with Crippen molar-refractivity contribution in [2.45, 2.75) is 50.0 Å². The normalized spacial score (nSPS) is 28.0. The first-order valence-corrected chi connectivity index (χ1v) is 13.4. The second kappa shape index (κ2) is 11.5. The Morgan fingerprint density at radius 2 is 1.68 bits per heavy atom. The number of halogens is 1. The van der Waals surface area contributed by atoms with Gasteiger partial charge in [0.1, 0.15) is 42.0 Å². The summed E-state index contributed by atoms with van der Waals surface area (Å²) in [6, 6.07) is 20.2. The van der Waals surface area contributed by atoms with E-state index >= 15 is 0 Å². The molecule has 212 valence electrons. The van der Waals surface area contributed by atoms with Gasteiger partial charge in [-0.3, -0.25) is 0 Å². The molecule has 2 bridgehead atoms. The molecule has 2 heterocycles. The van der Waals surface area contributed by atoms with Gasteiger partial charge in [0.2, 0.25) is 5.79 Å². The molecule has 5 atom stereocenters.